The number of halogens is 10. The molecule has 0 heterocycles. The van der Waals surface area contributed by atoms with Gasteiger partial charge in [0, 0.05) is 22.6 Å². The van der Waals surface area contributed by atoms with E-state index in [0.717, 1.165) is 55.5 Å². The highest BCUT2D eigenvalue weighted by atomic mass is 19.3. The van der Waals surface area contributed by atoms with E-state index in [-0.39, 0.29) is 27.6 Å². The fraction of sp³-hybridized carbons (Fsp3) is 0.163. The third-order valence-electron chi connectivity index (χ3n) is 8.86. The predicted molar refractivity (Wildman–Crippen MR) is 186 cm³/mol. The van der Waals surface area contributed by atoms with E-state index in [1.807, 2.05) is 0 Å². The summed E-state index contributed by atoms with van der Waals surface area (Å²) in [4.78, 5) is 0. The summed E-state index contributed by atoms with van der Waals surface area (Å²) in [6.07, 6.45) is -0.560. The highest BCUT2D eigenvalue weighted by Gasteiger charge is 2.38. The van der Waals surface area contributed by atoms with Crippen LogP contribution in [0.1, 0.15) is 54.0 Å². The van der Waals surface area contributed by atoms with Crippen molar-refractivity contribution in [2.24, 2.45) is 0 Å². The summed E-state index contributed by atoms with van der Waals surface area (Å²) in [5, 5.41) is 0.557. The largest absolute Gasteiger partial charge is 0.429 e. The number of rotatable bonds is 9. The highest BCUT2D eigenvalue weighted by molar-refractivity contribution is 5.89. The van der Waals surface area contributed by atoms with Crippen LogP contribution >= 0.6 is 0 Å². The summed E-state index contributed by atoms with van der Waals surface area (Å²) in [5.74, 6) is -6.07. The molecule has 0 aliphatic heterocycles. The van der Waals surface area contributed by atoms with E-state index in [1.54, 1.807) is 18.2 Å². The van der Waals surface area contributed by atoms with Crippen LogP contribution in [0.15, 0.2) is 84.9 Å². The molecule has 6 aromatic rings. The van der Waals surface area contributed by atoms with Crippen molar-refractivity contribution in [1.29, 1.82) is 0 Å². The van der Waals surface area contributed by atoms with Gasteiger partial charge in [-0.25, -0.2) is 35.1 Å². The van der Waals surface area contributed by atoms with E-state index < -0.39 is 80.6 Å². The number of alkyl halides is 2. The van der Waals surface area contributed by atoms with E-state index in [9.17, 15) is 17.6 Å². The Kier molecular flexibility index (Phi) is 10.8. The molecule has 0 radical (unpaired) electrons. The molecule has 6 rings (SSSR count). The minimum absolute atomic E-state index is 0.0370. The van der Waals surface area contributed by atoms with Gasteiger partial charge in [-0.15, -0.1) is 0 Å². The van der Waals surface area contributed by atoms with Crippen molar-refractivity contribution in [3.63, 3.8) is 0 Å². The minimum Gasteiger partial charge on any atom is -0.429 e. The van der Waals surface area contributed by atoms with Gasteiger partial charge in [-0.1, -0.05) is 55.9 Å². The SMILES string of the molecule is CCCCCc1ccc2c(F)c(-c3ccc(C#Cc4cc(F)c(C(F)(F)Oc5ccc(-c6cc(F)c(F)c(F)c6)c(F)c5)cc4C)c(F)c3)c(F)cc2c1. The van der Waals surface area contributed by atoms with Crippen molar-refractivity contribution in [2.75, 3.05) is 0 Å². The lowest BCUT2D eigenvalue weighted by Crippen LogP contribution is -2.24. The molecule has 0 atom stereocenters. The number of ether oxygens (including phenoxy) is 1. The Morgan fingerprint density at radius 2 is 1.30 bits per heavy atom. The molecular weight excluding hydrogens is 722 g/mol. The lowest BCUT2D eigenvalue weighted by atomic mass is 9.96. The summed E-state index contributed by atoms with van der Waals surface area (Å²) in [6, 6.07) is 14.3. The zero-order chi connectivity index (χ0) is 38.9. The van der Waals surface area contributed by atoms with Gasteiger partial charge in [0.1, 0.15) is 40.4 Å². The van der Waals surface area contributed by atoms with Crippen LogP contribution in [0, 0.1) is 65.3 Å². The third-order valence-corrected chi connectivity index (χ3v) is 8.86. The van der Waals surface area contributed by atoms with Crippen molar-refractivity contribution >= 4 is 10.8 Å². The Morgan fingerprint density at radius 3 is 1.98 bits per heavy atom. The van der Waals surface area contributed by atoms with Crippen molar-refractivity contribution in [3.05, 3.63) is 159 Å². The third kappa shape index (κ3) is 7.79. The van der Waals surface area contributed by atoms with Crippen LogP contribution in [-0.4, -0.2) is 0 Å². The number of hydrogen-bond acceptors (Lipinski definition) is 1. The molecule has 276 valence electrons. The molecule has 0 N–H and O–H groups in total. The molecule has 0 saturated carbocycles. The standard InChI is InChI=1S/C43H28F10O/c1-3-4-5-6-24-7-13-32-28(16-24)19-37(47)40(41(32)50)27-11-9-25(34(44)18-27)8-10-26-17-36(46)33(15-23(26)2)43(52,53)54-30-12-14-31(35(45)22-30)29-20-38(48)42(51)39(49)21-29/h7,9,11-22H,3-6H2,1-2H3. The molecular formula is C43H28F10O. The smallest absolute Gasteiger partial charge is 0.429 e. The van der Waals surface area contributed by atoms with Gasteiger partial charge in [0.15, 0.2) is 17.5 Å². The van der Waals surface area contributed by atoms with Gasteiger partial charge in [0.25, 0.3) is 0 Å². The van der Waals surface area contributed by atoms with Gasteiger partial charge < -0.3 is 4.74 Å². The molecule has 6 aromatic carbocycles. The summed E-state index contributed by atoms with van der Waals surface area (Å²) in [5.41, 5.74) is -1.91. The lowest BCUT2D eigenvalue weighted by molar-refractivity contribution is -0.187. The maximum Gasteiger partial charge on any atom is 0.429 e. The van der Waals surface area contributed by atoms with Crippen LogP contribution in [-0.2, 0) is 12.5 Å². The van der Waals surface area contributed by atoms with Gasteiger partial charge >= 0.3 is 6.11 Å². The van der Waals surface area contributed by atoms with Crippen LogP contribution in [0.5, 0.6) is 5.75 Å². The first-order valence-corrected chi connectivity index (χ1v) is 16.7. The minimum atomic E-state index is -4.35. The molecule has 0 amide bonds. The van der Waals surface area contributed by atoms with Crippen LogP contribution in [0.25, 0.3) is 33.0 Å². The first-order chi connectivity index (χ1) is 25.7. The van der Waals surface area contributed by atoms with E-state index in [1.165, 1.54) is 25.1 Å². The molecule has 0 aliphatic carbocycles. The molecule has 1 nitrogen and oxygen atoms in total. The quantitative estimate of drug-likeness (QED) is 0.0619. The maximum absolute atomic E-state index is 15.6. The molecule has 0 unspecified atom stereocenters. The number of unbranched alkanes of at least 4 members (excludes halogenated alkanes) is 2. The first kappa shape index (κ1) is 38.0. The second-order valence-electron chi connectivity index (χ2n) is 12.7. The average molecular weight is 751 g/mol. The second-order valence-corrected chi connectivity index (χ2v) is 12.7. The van der Waals surface area contributed by atoms with Crippen LogP contribution < -0.4 is 4.74 Å². The van der Waals surface area contributed by atoms with E-state index in [0.29, 0.717) is 29.7 Å². The van der Waals surface area contributed by atoms with Gasteiger partial charge in [-0.05, 0) is 102 Å². The number of aryl methyl sites for hydroxylation is 2. The molecule has 0 fully saturated rings. The Labute approximate surface area is 303 Å². The van der Waals surface area contributed by atoms with Gasteiger partial charge in [-0.3, -0.25) is 0 Å². The average Bonchev–Trinajstić information content (AvgIpc) is 3.11. The summed E-state index contributed by atoms with van der Waals surface area (Å²) < 4.78 is 151. The number of fused-ring (bicyclic) bond motifs is 1. The Morgan fingerprint density at radius 1 is 0.593 bits per heavy atom. The van der Waals surface area contributed by atoms with Crippen molar-refractivity contribution in [1.82, 2.24) is 0 Å². The van der Waals surface area contributed by atoms with Crippen molar-refractivity contribution < 1.29 is 48.6 Å². The summed E-state index contributed by atoms with van der Waals surface area (Å²) in [6.45, 7) is 3.41. The van der Waals surface area contributed by atoms with Crippen molar-refractivity contribution in [2.45, 2.75) is 45.6 Å². The van der Waals surface area contributed by atoms with E-state index in [2.05, 4.69) is 23.5 Å². The highest BCUT2D eigenvalue weighted by Crippen LogP contribution is 2.37. The molecule has 0 aromatic heterocycles. The lowest BCUT2D eigenvalue weighted by Gasteiger charge is -2.20. The molecule has 54 heavy (non-hydrogen) atoms. The summed E-state index contributed by atoms with van der Waals surface area (Å²) in [7, 11) is 0. The van der Waals surface area contributed by atoms with E-state index in [4.69, 9.17) is 0 Å². The Bertz CT molecular complexity index is 2460. The Hall–Kier alpha value is -5.76. The van der Waals surface area contributed by atoms with Crippen LogP contribution in [0.2, 0.25) is 0 Å². The maximum atomic E-state index is 15.6. The molecule has 11 heteroatoms. The van der Waals surface area contributed by atoms with Gasteiger partial charge in [0.05, 0.1) is 11.1 Å². The normalized spacial score (nSPS) is 11.5. The monoisotopic (exact) mass is 750 g/mol. The fourth-order valence-electron chi connectivity index (χ4n) is 6.03. The first-order valence-electron chi connectivity index (χ1n) is 16.7. The molecule has 0 aliphatic rings. The predicted octanol–water partition coefficient (Wildman–Crippen LogP) is 12.9. The number of benzene rings is 6. The topological polar surface area (TPSA) is 9.23 Å². The van der Waals surface area contributed by atoms with Gasteiger partial charge in [0.2, 0.25) is 0 Å². The number of hydrogen-bond donors (Lipinski definition) is 0. The Balaban J connectivity index is 1.21. The van der Waals surface area contributed by atoms with E-state index >= 15 is 26.3 Å². The second kappa shape index (κ2) is 15.3. The zero-order valence-electron chi connectivity index (χ0n) is 28.6. The van der Waals surface area contributed by atoms with Crippen LogP contribution in [0.3, 0.4) is 0 Å². The molecule has 0 spiro atoms. The summed E-state index contributed by atoms with van der Waals surface area (Å²) >= 11 is 0. The van der Waals surface area contributed by atoms with Gasteiger partial charge in [-0.2, -0.15) is 8.78 Å². The fourth-order valence-corrected chi connectivity index (χ4v) is 6.03. The van der Waals surface area contributed by atoms with Crippen molar-refractivity contribution in [3.8, 4) is 39.8 Å². The van der Waals surface area contributed by atoms with Crippen LogP contribution in [0.4, 0.5) is 43.9 Å². The zero-order valence-corrected chi connectivity index (χ0v) is 28.6. The molecule has 0 saturated heterocycles. The molecule has 0 bridgehead atoms.